The molecule has 1 heterocycles. The SMILES string of the molecule is Nc1ccc(C2(C(=O)N3CCC(CC(=O)O)C3)CC2)cc1. The third-order valence-corrected chi connectivity index (χ3v) is 4.66. The van der Waals surface area contributed by atoms with Crippen molar-refractivity contribution in [3.05, 3.63) is 29.8 Å². The first-order valence-corrected chi connectivity index (χ1v) is 7.38. The number of aliphatic carboxylic acids is 1. The molecular formula is C16H20N2O3. The lowest BCUT2D eigenvalue weighted by Crippen LogP contribution is -2.38. The third kappa shape index (κ3) is 2.60. The summed E-state index contributed by atoms with van der Waals surface area (Å²) in [7, 11) is 0. The van der Waals surface area contributed by atoms with E-state index >= 15 is 0 Å². The molecule has 1 aromatic rings. The predicted molar refractivity (Wildman–Crippen MR) is 78.7 cm³/mol. The van der Waals surface area contributed by atoms with Crippen LogP contribution in [0.1, 0.15) is 31.2 Å². The van der Waals surface area contributed by atoms with Gasteiger partial charge in [0.25, 0.3) is 0 Å². The number of likely N-dealkylation sites (tertiary alicyclic amines) is 1. The van der Waals surface area contributed by atoms with Gasteiger partial charge < -0.3 is 15.7 Å². The van der Waals surface area contributed by atoms with Gasteiger partial charge in [0.05, 0.1) is 5.41 Å². The molecule has 21 heavy (non-hydrogen) atoms. The summed E-state index contributed by atoms with van der Waals surface area (Å²) in [6.07, 6.45) is 2.68. The minimum Gasteiger partial charge on any atom is -0.481 e. The Labute approximate surface area is 123 Å². The molecule has 0 spiro atoms. The van der Waals surface area contributed by atoms with Crippen molar-refractivity contribution in [2.45, 2.75) is 31.1 Å². The zero-order valence-electron chi connectivity index (χ0n) is 11.9. The summed E-state index contributed by atoms with van der Waals surface area (Å²) >= 11 is 0. The number of benzene rings is 1. The summed E-state index contributed by atoms with van der Waals surface area (Å²) in [5.74, 6) is -0.539. The van der Waals surface area contributed by atoms with Crippen LogP contribution in [-0.2, 0) is 15.0 Å². The quantitative estimate of drug-likeness (QED) is 0.825. The average Bonchev–Trinajstić information content (AvgIpc) is 3.13. The molecule has 2 fully saturated rings. The first-order chi connectivity index (χ1) is 10.0. The fraction of sp³-hybridized carbons (Fsp3) is 0.500. The first kappa shape index (κ1) is 13.9. The van der Waals surface area contributed by atoms with Gasteiger partial charge in [0, 0.05) is 25.2 Å². The Morgan fingerprint density at radius 2 is 1.95 bits per heavy atom. The maximum atomic E-state index is 12.8. The molecule has 3 N–H and O–H groups in total. The summed E-state index contributed by atoms with van der Waals surface area (Å²) in [5.41, 5.74) is 7.05. The Balaban J connectivity index is 1.71. The Morgan fingerprint density at radius 1 is 1.29 bits per heavy atom. The van der Waals surface area contributed by atoms with Crippen molar-refractivity contribution in [1.29, 1.82) is 0 Å². The van der Waals surface area contributed by atoms with Crippen molar-refractivity contribution in [3.63, 3.8) is 0 Å². The maximum Gasteiger partial charge on any atom is 0.303 e. The molecular weight excluding hydrogens is 268 g/mol. The van der Waals surface area contributed by atoms with Gasteiger partial charge in [-0.15, -0.1) is 0 Å². The lowest BCUT2D eigenvalue weighted by molar-refractivity contribution is -0.138. The molecule has 0 bridgehead atoms. The number of carboxylic acids is 1. The highest BCUT2D eigenvalue weighted by atomic mass is 16.4. The number of hydrogen-bond acceptors (Lipinski definition) is 3. The van der Waals surface area contributed by atoms with Crippen LogP contribution in [0.4, 0.5) is 5.69 Å². The Bertz CT molecular complexity index is 563. The molecule has 2 aliphatic rings. The number of rotatable bonds is 4. The number of carboxylic acid groups (broad SMARTS) is 1. The van der Waals surface area contributed by atoms with Crippen molar-refractivity contribution < 1.29 is 14.7 Å². The molecule has 1 aromatic carbocycles. The molecule has 1 unspecified atom stereocenters. The molecule has 0 aromatic heterocycles. The van der Waals surface area contributed by atoms with Gasteiger partial charge in [-0.05, 0) is 42.9 Å². The largest absolute Gasteiger partial charge is 0.481 e. The summed E-state index contributed by atoms with van der Waals surface area (Å²) in [4.78, 5) is 25.4. The molecule has 1 saturated heterocycles. The van der Waals surface area contributed by atoms with Gasteiger partial charge in [-0.2, -0.15) is 0 Å². The van der Waals surface area contributed by atoms with Gasteiger partial charge in [-0.3, -0.25) is 9.59 Å². The topological polar surface area (TPSA) is 83.6 Å². The minimum atomic E-state index is -0.783. The molecule has 3 rings (SSSR count). The van der Waals surface area contributed by atoms with Crippen LogP contribution in [0.25, 0.3) is 0 Å². The molecule has 5 heteroatoms. The van der Waals surface area contributed by atoms with E-state index in [1.54, 1.807) is 0 Å². The second kappa shape index (κ2) is 5.06. The van der Waals surface area contributed by atoms with Crippen molar-refractivity contribution >= 4 is 17.6 Å². The maximum absolute atomic E-state index is 12.8. The standard InChI is InChI=1S/C16H20N2O3/c17-13-3-1-12(2-4-13)16(6-7-16)15(21)18-8-5-11(10-18)9-14(19)20/h1-4,11H,5-10,17H2,(H,19,20). The Morgan fingerprint density at radius 3 is 2.52 bits per heavy atom. The van der Waals surface area contributed by atoms with Crippen LogP contribution in [0, 0.1) is 5.92 Å². The fourth-order valence-corrected chi connectivity index (χ4v) is 3.29. The third-order valence-electron chi connectivity index (χ3n) is 4.66. The van der Waals surface area contributed by atoms with Crippen molar-refractivity contribution in [3.8, 4) is 0 Å². The van der Waals surface area contributed by atoms with E-state index in [0.29, 0.717) is 18.8 Å². The van der Waals surface area contributed by atoms with Gasteiger partial charge in [0.15, 0.2) is 0 Å². The molecule has 1 aliphatic heterocycles. The predicted octanol–water partition coefficient (Wildman–Crippen LogP) is 1.62. The number of carbonyl (C=O) groups excluding carboxylic acids is 1. The van der Waals surface area contributed by atoms with E-state index in [9.17, 15) is 9.59 Å². The van der Waals surface area contributed by atoms with Crippen LogP contribution in [0.3, 0.4) is 0 Å². The van der Waals surface area contributed by atoms with E-state index in [2.05, 4.69) is 0 Å². The molecule has 1 aliphatic carbocycles. The summed E-state index contributed by atoms with van der Waals surface area (Å²) in [6, 6.07) is 7.54. The number of anilines is 1. The van der Waals surface area contributed by atoms with E-state index in [0.717, 1.165) is 24.8 Å². The second-order valence-electron chi connectivity index (χ2n) is 6.21. The van der Waals surface area contributed by atoms with Crippen LogP contribution < -0.4 is 5.73 Å². The van der Waals surface area contributed by atoms with Crippen molar-refractivity contribution in [2.75, 3.05) is 18.8 Å². The Hall–Kier alpha value is -2.04. The van der Waals surface area contributed by atoms with Gasteiger partial charge in [-0.1, -0.05) is 12.1 Å². The number of hydrogen-bond donors (Lipinski definition) is 2. The van der Waals surface area contributed by atoms with E-state index < -0.39 is 5.97 Å². The molecule has 5 nitrogen and oxygen atoms in total. The van der Waals surface area contributed by atoms with Gasteiger partial charge >= 0.3 is 5.97 Å². The number of carbonyl (C=O) groups is 2. The van der Waals surface area contributed by atoms with Crippen LogP contribution >= 0.6 is 0 Å². The van der Waals surface area contributed by atoms with Gasteiger partial charge in [-0.25, -0.2) is 0 Å². The number of amides is 1. The van der Waals surface area contributed by atoms with Gasteiger partial charge in [0.1, 0.15) is 0 Å². The minimum absolute atomic E-state index is 0.0914. The van der Waals surface area contributed by atoms with Crippen LogP contribution in [0.5, 0.6) is 0 Å². The highest BCUT2D eigenvalue weighted by molar-refractivity contribution is 5.91. The number of nitrogen functional groups attached to an aromatic ring is 1. The second-order valence-corrected chi connectivity index (χ2v) is 6.21. The Kier molecular flexibility index (Phi) is 3.35. The van der Waals surface area contributed by atoms with E-state index in [1.165, 1.54) is 0 Å². The highest BCUT2D eigenvalue weighted by Gasteiger charge is 2.53. The zero-order chi connectivity index (χ0) is 15.0. The number of nitrogens with two attached hydrogens (primary N) is 1. The first-order valence-electron chi connectivity index (χ1n) is 7.38. The van der Waals surface area contributed by atoms with Crippen molar-refractivity contribution in [2.24, 2.45) is 5.92 Å². The van der Waals surface area contributed by atoms with Crippen molar-refractivity contribution in [1.82, 2.24) is 4.90 Å². The lowest BCUT2D eigenvalue weighted by atomic mass is 9.94. The number of nitrogens with zero attached hydrogens (tertiary/aromatic N) is 1. The van der Waals surface area contributed by atoms with E-state index in [-0.39, 0.29) is 23.7 Å². The molecule has 0 radical (unpaired) electrons. The smallest absolute Gasteiger partial charge is 0.303 e. The molecule has 1 saturated carbocycles. The summed E-state index contributed by atoms with van der Waals surface area (Å²) in [6.45, 7) is 1.25. The van der Waals surface area contributed by atoms with Crippen LogP contribution in [-0.4, -0.2) is 35.0 Å². The van der Waals surface area contributed by atoms with Crippen LogP contribution in [0.2, 0.25) is 0 Å². The summed E-state index contributed by atoms with van der Waals surface area (Å²) < 4.78 is 0. The highest BCUT2D eigenvalue weighted by Crippen LogP contribution is 2.50. The molecule has 112 valence electrons. The summed E-state index contributed by atoms with van der Waals surface area (Å²) in [5, 5.41) is 8.86. The lowest BCUT2D eigenvalue weighted by Gasteiger charge is -2.23. The van der Waals surface area contributed by atoms with Crippen LogP contribution in [0.15, 0.2) is 24.3 Å². The fourth-order valence-electron chi connectivity index (χ4n) is 3.29. The van der Waals surface area contributed by atoms with Gasteiger partial charge in [0.2, 0.25) is 5.91 Å². The molecule has 1 atom stereocenters. The van der Waals surface area contributed by atoms with E-state index in [1.807, 2.05) is 29.2 Å². The normalized spacial score (nSPS) is 23.0. The molecule has 1 amide bonds. The average molecular weight is 288 g/mol. The monoisotopic (exact) mass is 288 g/mol. The van der Waals surface area contributed by atoms with E-state index in [4.69, 9.17) is 10.8 Å². The zero-order valence-corrected chi connectivity index (χ0v) is 11.9.